The number of ether oxygens (including phenoxy) is 1. The molecule has 5 nitrogen and oxygen atoms in total. The van der Waals surface area contributed by atoms with E-state index in [9.17, 15) is 0 Å². The van der Waals surface area contributed by atoms with Crippen molar-refractivity contribution in [2.24, 2.45) is 0 Å². The molecule has 3 N–H and O–H groups in total. The summed E-state index contributed by atoms with van der Waals surface area (Å²) in [6.07, 6.45) is 1.94. The van der Waals surface area contributed by atoms with E-state index in [4.69, 9.17) is 38.8 Å². The van der Waals surface area contributed by atoms with Crippen molar-refractivity contribution in [2.45, 2.75) is 18.9 Å². The first-order chi connectivity index (χ1) is 9.11. The molecule has 0 aromatic carbocycles. The van der Waals surface area contributed by atoms with Crippen LogP contribution >= 0.6 is 23.2 Å². The number of nitrogens with zero attached hydrogens (tertiary/aromatic N) is 2. The van der Waals surface area contributed by atoms with Gasteiger partial charge in [-0.1, -0.05) is 23.2 Å². The molecule has 1 aromatic rings. The maximum Gasteiger partial charge on any atom is 0.149 e. The number of hydrogen-bond donors (Lipinski definition) is 2. The van der Waals surface area contributed by atoms with Crippen LogP contribution in [0.25, 0.3) is 0 Å². The van der Waals surface area contributed by atoms with Gasteiger partial charge in [0.05, 0.1) is 29.4 Å². The molecule has 2 heterocycles. The predicted molar refractivity (Wildman–Crippen MR) is 76.9 cm³/mol. The van der Waals surface area contributed by atoms with Gasteiger partial charge in [-0.05, 0) is 18.9 Å². The van der Waals surface area contributed by atoms with Crippen LogP contribution < -0.4 is 10.6 Å². The molecule has 0 radical (unpaired) electrons. The molecule has 19 heavy (non-hydrogen) atoms. The van der Waals surface area contributed by atoms with E-state index in [2.05, 4.69) is 9.88 Å². The number of halogens is 2. The quantitative estimate of drug-likeness (QED) is 0.889. The van der Waals surface area contributed by atoms with Crippen LogP contribution in [0.2, 0.25) is 10.0 Å². The highest BCUT2D eigenvalue weighted by molar-refractivity contribution is 6.37. The number of piperidine rings is 1. The van der Waals surface area contributed by atoms with Crippen molar-refractivity contribution in [1.29, 1.82) is 0 Å². The number of hydrogen-bond acceptors (Lipinski definition) is 5. The van der Waals surface area contributed by atoms with Crippen LogP contribution in [0.1, 0.15) is 12.8 Å². The van der Waals surface area contributed by atoms with Gasteiger partial charge in [0.2, 0.25) is 0 Å². The van der Waals surface area contributed by atoms with Crippen molar-refractivity contribution in [3.8, 4) is 0 Å². The van der Waals surface area contributed by atoms with Crippen LogP contribution in [-0.4, -0.2) is 42.5 Å². The number of aliphatic hydroxyl groups excluding tert-OH is 1. The molecule has 1 fully saturated rings. The van der Waals surface area contributed by atoms with E-state index in [-0.39, 0.29) is 12.7 Å². The zero-order valence-electron chi connectivity index (χ0n) is 10.5. The summed E-state index contributed by atoms with van der Waals surface area (Å²) >= 11 is 12.0. The van der Waals surface area contributed by atoms with E-state index >= 15 is 0 Å². The molecule has 1 aromatic heterocycles. The highest BCUT2D eigenvalue weighted by atomic mass is 35.5. The van der Waals surface area contributed by atoms with Gasteiger partial charge >= 0.3 is 0 Å². The van der Waals surface area contributed by atoms with Crippen molar-refractivity contribution < 1.29 is 9.84 Å². The number of rotatable bonds is 4. The molecule has 106 valence electrons. The Morgan fingerprint density at radius 3 is 2.68 bits per heavy atom. The fourth-order valence-corrected chi connectivity index (χ4v) is 2.62. The standard InChI is InChI=1S/C12H17Cl2N3O2/c13-9-7-10(14)12(16-11(9)15)17-3-1-8(2-4-17)19-6-5-18/h7-8,18H,1-6H2,(H2,15,16). The normalized spacial score (nSPS) is 16.9. The number of nitrogens with two attached hydrogens (primary N) is 1. The van der Waals surface area contributed by atoms with Crippen molar-refractivity contribution in [3.63, 3.8) is 0 Å². The molecule has 0 bridgehead atoms. The summed E-state index contributed by atoms with van der Waals surface area (Å²) in [7, 11) is 0. The minimum absolute atomic E-state index is 0.0569. The van der Waals surface area contributed by atoms with Crippen molar-refractivity contribution in [2.75, 3.05) is 36.9 Å². The lowest BCUT2D eigenvalue weighted by molar-refractivity contribution is 0.0158. The summed E-state index contributed by atoms with van der Waals surface area (Å²) in [6.45, 7) is 2.03. The summed E-state index contributed by atoms with van der Waals surface area (Å²) < 4.78 is 5.51. The van der Waals surface area contributed by atoms with Crippen LogP contribution in [0, 0.1) is 0 Å². The number of pyridine rings is 1. The van der Waals surface area contributed by atoms with Crippen LogP contribution in [0.15, 0.2) is 6.07 Å². The second-order valence-corrected chi connectivity index (χ2v) is 5.26. The first-order valence-corrected chi connectivity index (χ1v) is 6.96. The van der Waals surface area contributed by atoms with E-state index in [0.29, 0.717) is 28.3 Å². The first kappa shape index (κ1) is 14.7. The van der Waals surface area contributed by atoms with Crippen LogP contribution in [0.4, 0.5) is 11.6 Å². The predicted octanol–water partition coefficient (Wildman–Crippen LogP) is 1.95. The molecule has 0 atom stereocenters. The molecule has 0 saturated carbocycles. The topological polar surface area (TPSA) is 71.6 Å². The second-order valence-electron chi connectivity index (χ2n) is 4.44. The zero-order chi connectivity index (χ0) is 13.8. The monoisotopic (exact) mass is 305 g/mol. The second kappa shape index (κ2) is 6.61. The maximum atomic E-state index is 8.73. The Hall–Kier alpha value is -0.750. The Morgan fingerprint density at radius 2 is 2.05 bits per heavy atom. The van der Waals surface area contributed by atoms with Crippen LogP contribution in [-0.2, 0) is 4.74 Å². The molecular formula is C12H17Cl2N3O2. The lowest BCUT2D eigenvalue weighted by Crippen LogP contribution is -2.38. The summed E-state index contributed by atoms with van der Waals surface area (Å²) in [4.78, 5) is 6.32. The van der Waals surface area contributed by atoms with E-state index in [1.54, 1.807) is 6.07 Å². The highest BCUT2D eigenvalue weighted by Crippen LogP contribution is 2.31. The summed E-state index contributed by atoms with van der Waals surface area (Å²) in [5, 5.41) is 9.61. The molecule has 0 aliphatic carbocycles. The first-order valence-electron chi connectivity index (χ1n) is 6.20. The SMILES string of the molecule is Nc1nc(N2CCC(OCCO)CC2)c(Cl)cc1Cl. The zero-order valence-corrected chi connectivity index (χ0v) is 12.0. The molecular weight excluding hydrogens is 289 g/mol. The Bertz CT molecular complexity index is 437. The summed E-state index contributed by atoms with van der Waals surface area (Å²) in [5.41, 5.74) is 5.71. The summed E-state index contributed by atoms with van der Waals surface area (Å²) in [5.74, 6) is 0.962. The third kappa shape index (κ3) is 3.63. The average molecular weight is 306 g/mol. The Balaban J connectivity index is 1.99. The molecule has 0 amide bonds. The fraction of sp³-hybridized carbons (Fsp3) is 0.583. The van der Waals surface area contributed by atoms with Gasteiger partial charge in [-0.3, -0.25) is 0 Å². The highest BCUT2D eigenvalue weighted by Gasteiger charge is 2.22. The molecule has 1 saturated heterocycles. The largest absolute Gasteiger partial charge is 0.394 e. The van der Waals surface area contributed by atoms with Crippen LogP contribution in [0.5, 0.6) is 0 Å². The minimum atomic E-state index is 0.0569. The van der Waals surface area contributed by atoms with Gasteiger partial charge < -0.3 is 20.5 Å². The van der Waals surface area contributed by atoms with E-state index in [0.717, 1.165) is 25.9 Å². The Labute approximate surface area is 122 Å². The van der Waals surface area contributed by atoms with Crippen molar-refractivity contribution >= 4 is 34.8 Å². The van der Waals surface area contributed by atoms with Crippen LogP contribution in [0.3, 0.4) is 0 Å². The number of aliphatic hydroxyl groups is 1. The number of aromatic nitrogens is 1. The van der Waals surface area contributed by atoms with Crippen molar-refractivity contribution in [1.82, 2.24) is 4.98 Å². The van der Waals surface area contributed by atoms with E-state index in [1.165, 1.54) is 0 Å². The average Bonchev–Trinajstić information content (AvgIpc) is 2.41. The molecule has 0 spiro atoms. The van der Waals surface area contributed by atoms with Gasteiger partial charge in [-0.25, -0.2) is 4.98 Å². The molecule has 2 rings (SSSR count). The smallest absolute Gasteiger partial charge is 0.149 e. The lowest BCUT2D eigenvalue weighted by atomic mass is 10.1. The third-order valence-corrected chi connectivity index (χ3v) is 3.71. The van der Waals surface area contributed by atoms with E-state index in [1.807, 2.05) is 0 Å². The Morgan fingerprint density at radius 1 is 1.37 bits per heavy atom. The van der Waals surface area contributed by atoms with Gasteiger partial charge in [-0.15, -0.1) is 0 Å². The van der Waals surface area contributed by atoms with Gasteiger partial charge in [0.25, 0.3) is 0 Å². The van der Waals surface area contributed by atoms with Gasteiger partial charge in [0, 0.05) is 13.1 Å². The third-order valence-electron chi connectivity index (χ3n) is 3.12. The molecule has 1 aliphatic rings. The fourth-order valence-electron chi connectivity index (χ4n) is 2.15. The number of anilines is 2. The Kier molecular flexibility index (Phi) is 5.10. The maximum absolute atomic E-state index is 8.73. The van der Waals surface area contributed by atoms with Gasteiger partial charge in [-0.2, -0.15) is 0 Å². The van der Waals surface area contributed by atoms with Crippen molar-refractivity contribution in [3.05, 3.63) is 16.1 Å². The lowest BCUT2D eigenvalue weighted by Gasteiger charge is -2.33. The summed E-state index contributed by atoms with van der Waals surface area (Å²) in [6, 6.07) is 1.62. The van der Waals surface area contributed by atoms with Gasteiger partial charge in [0.15, 0.2) is 0 Å². The van der Waals surface area contributed by atoms with E-state index < -0.39 is 0 Å². The molecule has 1 aliphatic heterocycles. The van der Waals surface area contributed by atoms with Gasteiger partial charge in [0.1, 0.15) is 11.6 Å². The minimum Gasteiger partial charge on any atom is -0.394 e. The number of nitrogen functional groups attached to an aromatic ring is 1. The molecule has 7 heteroatoms. The molecule has 0 unspecified atom stereocenters.